The standard InChI is InChI=1S/C10H13N3O4S/c1-2-17-9(16)6-5-12-10(13-8(6)11)18-4-3-7(14)15/h5H,2-4H2,1H3,(H,14,15)(H2,11,12,13). The predicted molar refractivity (Wildman–Crippen MR) is 65.4 cm³/mol. The van der Waals surface area contributed by atoms with Crippen molar-refractivity contribution in [2.24, 2.45) is 0 Å². The maximum absolute atomic E-state index is 11.4. The van der Waals surface area contributed by atoms with E-state index in [-0.39, 0.29) is 24.4 Å². The van der Waals surface area contributed by atoms with Crippen LogP contribution in [0.3, 0.4) is 0 Å². The summed E-state index contributed by atoms with van der Waals surface area (Å²) < 4.78 is 4.78. The van der Waals surface area contributed by atoms with Gasteiger partial charge in [0.15, 0.2) is 5.16 Å². The number of esters is 1. The fourth-order valence-corrected chi connectivity index (χ4v) is 1.79. The van der Waals surface area contributed by atoms with Crippen molar-refractivity contribution in [3.8, 4) is 0 Å². The van der Waals surface area contributed by atoms with Gasteiger partial charge in [-0.15, -0.1) is 0 Å². The van der Waals surface area contributed by atoms with Crippen molar-refractivity contribution >= 4 is 29.5 Å². The summed E-state index contributed by atoms with van der Waals surface area (Å²) in [5, 5.41) is 8.82. The highest BCUT2D eigenvalue weighted by Gasteiger charge is 2.13. The van der Waals surface area contributed by atoms with Crippen LogP contribution in [0.25, 0.3) is 0 Å². The normalized spacial score (nSPS) is 10.1. The number of hydrogen-bond donors (Lipinski definition) is 2. The van der Waals surface area contributed by atoms with E-state index in [4.69, 9.17) is 15.6 Å². The van der Waals surface area contributed by atoms with Gasteiger partial charge in [0.1, 0.15) is 11.4 Å². The first-order valence-corrected chi connectivity index (χ1v) is 6.17. The third-order valence-corrected chi connectivity index (χ3v) is 2.70. The van der Waals surface area contributed by atoms with Gasteiger partial charge in [-0.05, 0) is 6.92 Å². The number of nitrogens with two attached hydrogens (primary N) is 1. The van der Waals surface area contributed by atoms with Gasteiger partial charge in [0.05, 0.1) is 13.0 Å². The van der Waals surface area contributed by atoms with Gasteiger partial charge in [-0.3, -0.25) is 4.79 Å². The molecule has 0 spiro atoms. The van der Waals surface area contributed by atoms with Crippen molar-refractivity contribution in [1.29, 1.82) is 0 Å². The van der Waals surface area contributed by atoms with Crippen LogP contribution in [0.5, 0.6) is 0 Å². The number of nitrogen functional groups attached to an aromatic ring is 1. The molecule has 0 aliphatic carbocycles. The predicted octanol–water partition coefficient (Wildman–Crippen LogP) is 0.802. The first-order valence-electron chi connectivity index (χ1n) is 5.18. The number of carboxylic acids is 1. The lowest BCUT2D eigenvalue weighted by molar-refractivity contribution is -0.136. The van der Waals surface area contributed by atoms with E-state index < -0.39 is 11.9 Å². The van der Waals surface area contributed by atoms with E-state index in [0.717, 1.165) is 11.8 Å². The molecule has 0 aliphatic rings. The summed E-state index contributed by atoms with van der Waals surface area (Å²) >= 11 is 1.16. The van der Waals surface area contributed by atoms with Crippen LogP contribution in [0.1, 0.15) is 23.7 Å². The molecule has 1 heterocycles. The van der Waals surface area contributed by atoms with Gasteiger partial charge in [-0.1, -0.05) is 11.8 Å². The molecule has 0 bridgehead atoms. The fourth-order valence-electron chi connectivity index (χ4n) is 1.04. The number of anilines is 1. The average molecular weight is 271 g/mol. The molecule has 1 rings (SSSR count). The number of aliphatic carboxylic acids is 1. The second kappa shape index (κ2) is 6.80. The molecule has 1 aromatic rings. The number of hydrogen-bond acceptors (Lipinski definition) is 7. The molecule has 1 aromatic heterocycles. The van der Waals surface area contributed by atoms with Crippen LogP contribution < -0.4 is 5.73 Å². The van der Waals surface area contributed by atoms with Crippen LogP contribution >= 0.6 is 11.8 Å². The van der Waals surface area contributed by atoms with Gasteiger partial charge in [0, 0.05) is 11.9 Å². The van der Waals surface area contributed by atoms with Crippen molar-refractivity contribution in [2.75, 3.05) is 18.1 Å². The number of aromatic nitrogens is 2. The molecule has 0 saturated carbocycles. The molecule has 18 heavy (non-hydrogen) atoms. The minimum absolute atomic E-state index is 0.00750. The Hall–Kier alpha value is -1.83. The van der Waals surface area contributed by atoms with Crippen molar-refractivity contribution in [3.63, 3.8) is 0 Å². The molecule has 0 amide bonds. The zero-order chi connectivity index (χ0) is 13.5. The topological polar surface area (TPSA) is 115 Å². The van der Waals surface area contributed by atoms with Crippen LogP contribution in [-0.2, 0) is 9.53 Å². The summed E-state index contributed by atoms with van der Waals surface area (Å²) in [6.07, 6.45) is 1.29. The highest BCUT2D eigenvalue weighted by Crippen LogP contribution is 2.17. The summed E-state index contributed by atoms with van der Waals surface area (Å²) in [5.74, 6) is -1.09. The van der Waals surface area contributed by atoms with Gasteiger partial charge in [-0.2, -0.15) is 0 Å². The molecule has 8 heteroatoms. The van der Waals surface area contributed by atoms with Gasteiger partial charge in [0.2, 0.25) is 0 Å². The van der Waals surface area contributed by atoms with E-state index in [9.17, 15) is 9.59 Å². The summed E-state index contributed by atoms with van der Waals surface area (Å²) in [6.45, 7) is 1.93. The first kappa shape index (κ1) is 14.2. The van der Waals surface area contributed by atoms with Gasteiger partial charge in [0.25, 0.3) is 0 Å². The van der Waals surface area contributed by atoms with Crippen molar-refractivity contribution < 1.29 is 19.4 Å². The van der Waals surface area contributed by atoms with Gasteiger partial charge < -0.3 is 15.6 Å². The molecule has 7 nitrogen and oxygen atoms in total. The summed E-state index contributed by atoms with van der Waals surface area (Å²) in [5.41, 5.74) is 5.71. The minimum atomic E-state index is -0.890. The molecule has 0 saturated heterocycles. The second-order valence-electron chi connectivity index (χ2n) is 3.16. The number of carboxylic acid groups (broad SMARTS) is 1. The number of ether oxygens (including phenoxy) is 1. The van der Waals surface area contributed by atoms with Crippen LogP contribution in [0, 0.1) is 0 Å². The first-order chi connectivity index (χ1) is 8.54. The van der Waals surface area contributed by atoms with Crippen LogP contribution in [0.4, 0.5) is 5.82 Å². The summed E-state index contributed by atoms with van der Waals surface area (Å²) in [6, 6.07) is 0. The number of thioether (sulfide) groups is 1. The molecule has 0 fully saturated rings. The Morgan fingerprint density at radius 2 is 2.28 bits per heavy atom. The minimum Gasteiger partial charge on any atom is -0.481 e. The Morgan fingerprint density at radius 3 is 2.83 bits per heavy atom. The third-order valence-electron chi connectivity index (χ3n) is 1.84. The molecule has 0 aromatic carbocycles. The molecule has 0 aliphatic heterocycles. The largest absolute Gasteiger partial charge is 0.481 e. The van der Waals surface area contributed by atoms with E-state index in [1.54, 1.807) is 6.92 Å². The molecule has 0 unspecified atom stereocenters. The van der Waals surface area contributed by atoms with Crippen molar-refractivity contribution in [2.45, 2.75) is 18.5 Å². The number of carbonyl (C=O) groups is 2. The van der Waals surface area contributed by atoms with Gasteiger partial charge in [-0.25, -0.2) is 14.8 Å². The lowest BCUT2D eigenvalue weighted by Crippen LogP contribution is -2.10. The SMILES string of the molecule is CCOC(=O)c1cnc(SCCC(=O)O)nc1N. The zero-order valence-electron chi connectivity index (χ0n) is 9.75. The molecule has 98 valence electrons. The van der Waals surface area contributed by atoms with Gasteiger partial charge >= 0.3 is 11.9 Å². The number of rotatable bonds is 6. The van der Waals surface area contributed by atoms with E-state index in [1.165, 1.54) is 6.20 Å². The highest BCUT2D eigenvalue weighted by atomic mass is 32.2. The van der Waals surface area contributed by atoms with Crippen LogP contribution in [0.2, 0.25) is 0 Å². The molecule has 0 radical (unpaired) electrons. The Labute approximate surface area is 108 Å². The van der Waals surface area contributed by atoms with E-state index in [2.05, 4.69) is 9.97 Å². The lowest BCUT2D eigenvalue weighted by Gasteiger charge is -2.05. The maximum atomic E-state index is 11.4. The zero-order valence-corrected chi connectivity index (χ0v) is 10.6. The fraction of sp³-hybridized carbons (Fsp3) is 0.400. The quantitative estimate of drug-likeness (QED) is 0.443. The molecule has 3 N–H and O–H groups in total. The smallest absolute Gasteiger partial charge is 0.343 e. The Kier molecular flexibility index (Phi) is 5.37. The van der Waals surface area contributed by atoms with Crippen molar-refractivity contribution in [1.82, 2.24) is 9.97 Å². The second-order valence-corrected chi connectivity index (χ2v) is 4.23. The molecular formula is C10H13N3O4S. The lowest BCUT2D eigenvalue weighted by atomic mass is 10.3. The van der Waals surface area contributed by atoms with Crippen LogP contribution in [0.15, 0.2) is 11.4 Å². The number of nitrogens with zero attached hydrogens (tertiary/aromatic N) is 2. The molecule has 0 atom stereocenters. The van der Waals surface area contributed by atoms with Crippen molar-refractivity contribution in [3.05, 3.63) is 11.8 Å². The van der Waals surface area contributed by atoms with E-state index in [0.29, 0.717) is 10.9 Å². The Bertz CT molecular complexity index is 453. The number of carbonyl (C=O) groups excluding carboxylic acids is 1. The third kappa shape index (κ3) is 4.21. The van der Waals surface area contributed by atoms with E-state index >= 15 is 0 Å². The monoisotopic (exact) mass is 271 g/mol. The average Bonchev–Trinajstić information content (AvgIpc) is 2.28. The highest BCUT2D eigenvalue weighted by molar-refractivity contribution is 7.99. The summed E-state index contributed by atoms with van der Waals surface area (Å²) in [7, 11) is 0. The molecular weight excluding hydrogens is 258 g/mol. The van der Waals surface area contributed by atoms with Crippen LogP contribution in [-0.4, -0.2) is 39.4 Å². The van der Waals surface area contributed by atoms with E-state index in [1.807, 2.05) is 0 Å². The maximum Gasteiger partial charge on any atom is 0.343 e. The summed E-state index contributed by atoms with van der Waals surface area (Å²) in [4.78, 5) is 29.6. The Balaban J connectivity index is 2.67. The Morgan fingerprint density at radius 1 is 1.56 bits per heavy atom.